The van der Waals surface area contributed by atoms with Crippen molar-refractivity contribution in [3.05, 3.63) is 0 Å². The van der Waals surface area contributed by atoms with Gasteiger partial charge in [0.25, 0.3) is 0 Å². The Labute approximate surface area is 91.3 Å². The normalized spacial score (nSPS) is 22.2. The third-order valence-corrected chi connectivity index (χ3v) is 4.85. The molecule has 0 aromatic heterocycles. The maximum Gasteiger partial charge on any atom is 0.230 e. The van der Waals surface area contributed by atoms with Gasteiger partial charge in [-0.2, -0.15) is 9.57 Å². The van der Waals surface area contributed by atoms with Crippen LogP contribution in [0, 0.1) is 11.3 Å². The highest BCUT2D eigenvalue weighted by molar-refractivity contribution is 7.89. The Bertz CT molecular complexity index is 339. The molecule has 1 rings (SSSR count). The molecule has 5 nitrogen and oxygen atoms in total. The summed E-state index contributed by atoms with van der Waals surface area (Å²) in [6, 6.07) is 1.78. The standard InChI is InChI=1S/C9H17N3O2S/c1-3-11-4-6-12(7-5-11)15(13,14)9(2)8-10/h9H,3-7H2,1-2H3. The van der Waals surface area contributed by atoms with Gasteiger partial charge in [0.2, 0.25) is 10.0 Å². The number of nitriles is 1. The first-order chi connectivity index (χ1) is 7.02. The van der Waals surface area contributed by atoms with Crippen molar-refractivity contribution in [1.82, 2.24) is 9.21 Å². The summed E-state index contributed by atoms with van der Waals surface area (Å²) in [6.45, 7) is 6.96. The molecule has 86 valence electrons. The van der Waals surface area contributed by atoms with Crippen molar-refractivity contribution in [3.63, 3.8) is 0 Å². The fourth-order valence-corrected chi connectivity index (χ4v) is 2.84. The zero-order valence-electron chi connectivity index (χ0n) is 9.18. The topological polar surface area (TPSA) is 64.4 Å². The summed E-state index contributed by atoms with van der Waals surface area (Å²) in [4.78, 5) is 2.20. The summed E-state index contributed by atoms with van der Waals surface area (Å²) in [6.07, 6.45) is 0. The van der Waals surface area contributed by atoms with Gasteiger partial charge in [-0.25, -0.2) is 8.42 Å². The molecule has 1 unspecified atom stereocenters. The van der Waals surface area contributed by atoms with Gasteiger partial charge in [0, 0.05) is 26.2 Å². The Morgan fingerprint density at radius 2 is 1.87 bits per heavy atom. The van der Waals surface area contributed by atoms with Gasteiger partial charge in [-0.15, -0.1) is 0 Å². The van der Waals surface area contributed by atoms with E-state index in [1.165, 1.54) is 11.2 Å². The van der Waals surface area contributed by atoms with E-state index in [-0.39, 0.29) is 0 Å². The number of rotatable bonds is 3. The second kappa shape index (κ2) is 4.92. The Kier molecular flexibility index (Phi) is 4.08. The van der Waals surface area contributed by atoms with Crippen LogP contribution >= 0.6 is 0 Å². The van der Waals surface area contributed by atoms with Crippen LogP contribution in [0.3, 0.4) is 0 Å². The Morgan fingerprint density at radius 3 is 2.27 bits per heavy atom. The smallest absolute Gasteiger partial charge is 0.230 e. The van der Waals surface area contributed by atoms with Crippen molar-refractivity contribution < 1.29 is 8.42 Å². The van der Waals surface area contributed by atoms with Crippen LogP contribution in [-0.2, 0) is 10.0 Å². The molecule has 0 radical (unpaired) electrons. The van der Waals surface area contributed by atoms with Gasteiger partial charge in [0.05, 0.1) is 6.07 Å². The zero-order valence-corrected chi connectivity index (χ0v) is 10.00. The summed E-state index contributed by atoms with van der Waals surface area (Å²) >= 11 is 0. The first kappa shape index (κ1) is 12.4. The van der Waals surface area contributed by atoms with Gasteiger partial charge in [0.15, 0.2) is 5.25 Å². The van der Waals surface area contributed by atoms with E-state index >= 15 is 0 Å². The maximum atomic E-state index is 11.8. The molecule has 0 aromatic carbocycles. The molecule has 1 atom stereocenters. The predicted molar refractivity (Wildman–Crippen MR) is 57.7 cm³/mol. The van der Waals surface area contributed by atoms with Crippen molar-refractivity contribution in [1.29, 1.82) is 5.26 Å². The second-order valence-corrected chi connectivity index (χ2v) is 5.90. The van der Waals surface area contributed by atoms with Gasteiger partial charge in [-0.1, -0.05) is 6.92 Å². The quantitative estimate of drug-likeness (QED) is 0.678. The lowest BCUT2D eigenvalue weighted by Gasteiger charge is -2.33. The molecule has 0 N–H and O–H groups in total. The van der Waals surface area contributed by atoms with Crippen molar-refractivity contribution in [2.45, 2.75) is 19.1 Å². The van der Waals surface area contributed by atoms with Crippen molar-refractivity contribution >= 4 is 10.0 Å². The predicted octanol–water partition coefficient (Wildman–Crippen LogP) is -0.134. The van der Waals surface area contributed by atoms with Gasteiger partial charge in [-0.05, 0) is 13.5 Å². The molecule has 0 saturated carbocycles. The van der Waals surface area contributed by atoms with E-state index in [1.807, 2.05) is 0 Å². The number of sulfonamides is 1. The minimum atomic E-state index is -3.40. The summed E-state index contributed by atoms with van der Waals surface area (Å²) in [5.41, 5.74) is 0. The van der Waals surface area contributed by atoms with Gasteiger partial charge in [0.1, 0.15) is 0 Å². The molecule has 6 heteroatoms. The zero-order chi connectivity index (χ0) is 11.5. The molecule has 0 bridgehead atoms. The molecule has 1 saturated heterocycles. The lowest BCUT2D eigenvalue weighted by atomic mass is 10.4. The van der Waals surface area contributed by atoms with E-state index in [1.54, 1.807) is 6.07 Å². The Hall–Kier alpha value is -0.640. The monoisotopic (exact) mass is 231 g/mol. The average molecular weight is 231 g/mol. The summed E-state index contributed by atoms with van der Waals surface area (Å²) in [7, 11) is -3.40. The summed E-state index contributed by atoms with van der Waals surface area (Å²) in [5, 5.41) is 7.69. The van der Waals surface area contributed by atoms with Gasteiger partial charge in [-0.3, -0.25) is 0 Å². The third kappa shape index (κ3) is 2.68. The molecule has 15 heavy (non-hydrogen) atoms. The van der Waals surface area contributed by atoms with E-state index in [0.29, 0.717) is 13.1 Å². The van der Waals surface area contributed by atoms with Crippen LogP contribution in [-0.4, -0.2) is 55.6 Å². The Balaban J connectivity index is 2.65. The fourth-order valence-electron chi connectivity index (χ4n) is 1.59. The molecular weight excluding hydrogens is 214 g/mol. The van der Waals surface area contributed by atoms with Crippen LogP contribution in [0.4, 0.5) is 0 Å². The van der Waals surface area contributed by atoms with Gasteiger partial charge >= 0.3 is 0 Å². The molecule has 1 heterocycles. The summed E-state index contributed by atoms with van der Waals surface area (Å²) in [5.74, 6) is 0. The van der Waals surface area contributed by atoms with Crippen LogP contribution in [0.25, 0.3) is 0 Å². The second-order valence-electron chi connectivity index (χ2n) is 3.65. The average Bonchev–Trinajstić information content (AvgIpc) is 2.28. The molecule has 1 aliphatic heterocycles. The molecular formula is C9H17N3O2S. The number of hydrogen-bond donors (Lipinski definition) is 0. The molecule has 0 aromatic rings. The molecule has 0 aliphatic carbocycles. The number of nitrogens with zero attached hydrogens (tertiary/aromatic N) is 3. The number of likely N-dealkylation sites (N-methyl/N-ethyl adjacent to an activating group) is 1. The fraction of sp³-hybridized carbons (Fsp3) is 0.889. The van der Waals surface area contributed by atoms with Crippen molar-refractivity contribution in [3.8, 4) is 6.07 Å². The van der Waals surface area contributed by atoms with Crippen LogP contribution in [0.2, 0.25) is 0 Å². The molecule has 0 amide bonds. The van der Waals surface area contributed by atoms with Crippen LogP contribution in [0.1, 0.15) is 13.8 Å². The van der Waals surface area contributed by atoms with E-state index in [9.17, 15) is 8.42 Å². The van der Waals surface area contributed by atoms with E-state index in [4.69, 9.17) is 5.26 Å². The Morgan fingerprint density at radius 1 is 1.33 bits per heavy atom. The summed E-state index contributed by atoms with van der Waals surface area (Å²) < 4.78 is 25.0. The van der Waals surface area contributed by atoms with E-state index in [0.717, 1.165) is 19.6 Å². The van der Waals surface area contributed by atoms with Crippen LogP contribution in [0.5, 0.6) is 0 Å². The largest absolute Gasteiger partial charge is 0.301 e. The molecule has 1 aliphatic rings. The maximum absolute atomic E-state index is 11.8. The van der Waals surface area contributed by atoms with Crippen LogP contribution in [0.15, 0.2) is 0 Å². The van der Waals surface area contributed by atoms with Crippen molar-refractivity contribution in [2.75, 3.05) is 32.7 Å². The first-order valence-corrected chi connectivity index (χ1v) is 6.63. The molecule has 0 spiro atoms. The lowest BCUT2D eigenvalue weighted by Crippen LogP contribution is -2.50. The first-order valence-electron chi connectivity index (χ1n) is 5.13. The van der Waals surface area contributed by atoms with Crippen molar-refractivity contribution in [2.24, 2.45) is 0 Å². The minimum absolute atomic E-state index is 0.502. The highest BCUT2D eigenvalue weighted by atomic mass is 32.2. The molecule has 1 fully saturated rings. The van der Waals surface area contributed by atoms with E-state index in [2.05, 4.69) is 11.8 Å². The van der Waals surface area contributed by atoms with Gasteiger partial charge < -0.3 is 4.90 Å². The highest BCUT2D eigenvalue weighted by Crippen LogP contribution is 2.11. The highest BCUT2D eigenvalue weighted by Gasteiger charge is 2.30. The lowest BCUT2D eigenvalue weighted by molar-refractivity contribution is 0.196. The minimum Gasteiger partial charge on any atom is -0.301 e. The van der Waals surface area contributed by atoms with Crippen LogP contribution < -0.4 is 0 Å². The number of hydrogen-bond acceptors (Lipinski definition) is 4. The SMILES string of the molecule is CCN1CCN(S(=O)(=O)C(C)C#N)CC1. The third-order valence-electron chi connectivity index (χ3n) is 2.77. The number of piperazine rings is 1. The van der Waals surface area contributed by atoms with E-state index < -0.39 is 15.3 Å².